The summed E-state index contributed by atoms with van der Waals surface area (Å²) in [6.07, 6.45) is -3.33. The lowest BCUT2D eigenvalue weighted by Crippen LogP contribution is -2.10. The van der Waals surface area contributed by atoms with Crippen molar-refractivity contribution in [2.24, 2.45) is 0 Å². The maximum Gasteiger partial charge on any atom is 0.418 e. The highest BCUT2D eigenvalue weighted by Crippen LogP contribution is 2.40. The Balaban J connectivity index is 2.02. The average Bonchev–Trinajstić information content (AvgIpc) is 2.70. The molecule has 30 heavy (non-hydrogen) atoms. The van der Waals surface area contributed by atoms with E-state index in [2.05, 4.69) is 21.3 Å². The van der Waals surface area contributed by atoms with Crippen LogP contribution in [0.15, 0.2) is 66.2 Å². The van der Waals surface area contributed by atoms with Crippen LogP contribution in [0.5, 0.6) is 5.75 Å². The summed E-state index contributed by atoms with van der Waals surface area (Å²) in [4.78, 5) is 7.64. The third-order valence-electron chi connectivity index (χ3n) is 3.70. The van der Waals surface area contributed by atoms with Crippen LogP contribution >= 0.6 is 11.9 Å². The number of hydrogen-bond acceptors (Lipinski definition) is 5. The first-order chi connectivity index (χ1) is 14.3. The standard InChI is InChI=1S/C20H14F5N3OS/c1-2-10-29-15-8-6-12(21)11-13(15)19-14(20(23,24)25)7-9-17(27-19)28-30-18-5-3-4-16(22)26-18/h2-9,11H,1,10H2,(H,27,28). The van der Waals surface area contributed by atoms with Crippen LogP contribution in [0, 0.1) is 11.8 Å². The Morgan fingerprint density at radius 1 is 1.07 bits per heavy atom. The molecule has 0 bridgehead atoms. The highest BCUT2D eigenvalue weighted by molar-refractivity contribution is 8.00. The van der Waals surface area contributed by atoms with Gasteiger partial charge in [0.1, 0.15) is 29.0 Å². The normalized spacial score (nSPS) is 11.2. The number of anilines is 1. The summed E-state index contributed by atoms with van der Waals surface area (Å²) >= 11 is 0.863. The fourth-order valence-corrected chi connectivity index (χ4v) is 3.07. The molecule has 0 amide bonds. The number of hydrogen-bond donors (Lipinski definition) is 1. The van der Waals surface area contributed by atoms with Crippen molar-refractivity contribution < 1.29 is 26.7 Å². The third-order valence-corrected chi connectivity index (χ3v) is 4.45. The molecule has 0 saturated carbocycles. The van der Waals surface area contributed by atoms with E-state index in [9.17, 15) is 22.0 Å². The molecule has 2 aromatic heterocycles. The average molecular weight is 439 g/mol. The zero-order valence-electron chi connectivity index (χ0n) is 15.2. The number of rotatable bonds is 7. The molecule has 0 radical (unpaired) electrons. The Morgan fingerprint density at radius 3 is 2.57 bits per heavy atom. The minimum atomic E-state index is -4.74. The lowest BCUT2D eigenvalue weighted by Gasteiger charge is -2.16. The molecule has 0 saturated heterocycles. The van der Waals surface area contributed by atoms with Crippen LogP contribution in [0.1, 0.15) is 5.56 Å². The molecule has 0 aliphatic heterocycles. The molecular weight excluding hydrogens is 425 g/mol. The molecule has 0 aliphatic carbocycles. The topological polar surface area (TPSA) is 47.0 Å². The van der Waals surface area contributed by atoms with Crippen molar-refractivity contribution in [1.82, 2.24) is 9.97 Å². The first-order valence-corrected chi connectivity index (χ1v) is 9.27. The minimum Gasteiger partial charge on any atom is -0.489 e. The van der Waals surface area contributed by atoms with Crippen molar-refractivity contribution in [3.63, 3.8) is 0 Å². The van der Waals surface area contributed by atoms with Crippen LogP contribution in [0.4, 0.5) is 27.8 Å². The van der Waals surface area contributed by atoms with Gasteiger partial charge in [-0.1, -0.05) is 18.7 Å². The number of benzene rings is 1. The van der Waals surface area contributed by atoms with Crippen molar-refractivity contribution in [3.8, 4) is 17.0 Å². The molecule has 1 N–H and O–H groups in total. The number of aromatic nitrogens is 2. The van der Waals surface area contributed by atoms with Gasteiger partial charge in [0.25, 0.3) is 0 Å². The van der Waals surface area contributed by atoms with E-state index in [4.69, 9.17) is 4.74 Å². The van der Waals surface area contributed by atoms with Crippen LogP contribution in [-0.2, 0) is 6.18 Å². The van der Waals surface area contributed by atoms with E-state index in [1.165, 1.54) is 24.3 Å². The lowest BCUT2D eigenvalue weighted by molar-refractivity contribution is -0.137. The zero-order chi connectivity index (χ0) is 21.7. The molecule has 0 spiro atoms. The van der Waals surface area contributed by atoms with Gasteiger partial charge in [0.05, 0.1) is 11.3 Å². The molecule has 0 aliphatic rings. The number of alkyl halides is 3. The molecule has 2 heterocycles. The Hall–Kier alpha value is -3.14. The van der Waals surface area contributed by atoms with Gasteiger partial charge in [0, 0.05) is 17.5 Å². The van der Waals surface area contributed by atoms with Gasteiger partial charge < -0.3 is 9.46 Å². The van der Waals surface area contributed by atoms with E-state index in [1.807, 2.05) is 0 Å². The number of halogens is 5. The number of pyridine rings is 2. The predicted molar refractivity (Wildman–Crippen MR) is 104 cm³/mol. The third kappa shape index (κ3) is 5.26. The predicted octanol–water partition coefficient (Wildman–Crippen LogP) is 6.12. The summed E-state index contributed by atoms with van der Waals surface area (Å²) in [5, 5.41) is 0.249. The van der Waals surface area contributed by atoms with Crippen molar-refractivity contribution >= 4 is 17.8 Å². The van der Waals surface area contributed by atoms with Crippen LogP contribution in [-0.4, -0.2) is 16.6 Å². The highest BCUT2D eigenvalue weighted by Gasteiger charge is 2.35. The van der Waals surface area contributed by atoms with E-state index in [0.29, 0.717) is 0 Å². The van der Waals surface area contributed by atoms with Crippen molar-refractivity contribution in [2.45, 2.75) is 11.2 Å². The fraction of sp³-hybridized carbons (Fsp3) is 0.100. The molecule has 0 fully saturated rings. The summed E-state index contributed by atoms with van der Waals surface area (Å²) in [7, 11) is 0. The van der Waals surface area contributed by atoms with E-state index in [1.54, 1.807) is 0 Å². The molecule has 10 heteroatoms. The fourth-order valence-electron chi connectivity index (χ4n) is 2.46. The van der Waals surface area contributed by atoms with Gasteiger partial charge in [-0.2, -0.15) is 17.6 Å². The van der Waals surface area contributed by atoms with Gasteiger partial charge in [-0.25, -0.2) is 14.4 Å². The molecule has 3 aromatic rings. The van der Waals surface area contributed by atoms with Gasteiger partial charge in [0.15, 0.2) is 0 Å². The molecule has 156 valence electrons. The Kier molecular flexibility index (Phi) is 6.56. The lowest BCUT2D eigenvalue weighted by atomic mass is 10.0. The molecular formula is C20H14F5N3OS. The van der Waals surface area contributed by atoms with Crippen molar-refractivity contribution in [2.75, 3.05) is 11.3 Å². The van der Waals surface area contributed by atoms with Crippen LogP contribution in [0.3, 0.4) is 0 Å². The first-order valence-electron chi connectivity index (χ1n) is 8.45. The second kappa shape index (κ2) is 9.12. The summed E-state index contributed by atoms with van der Waals surface area (Å²) < 4.78 is 75.9. The van der Waals surface area contributed by atoms with Gasteiger partial charge in [0.2, 0.25) is 5.95 Å². The van der Waals surface area contributed by atoms with Gasteiger partial charge in [-0.3, -0.25) is 0 Å². The molecule has 4 nitrogen and oxygen atoms in total. The first kappa shape index (κ1) is 21.6. The molecule has 3 rings (SSSR count). The van der Waals surface area contributed by atoms with Crippen LogP contribution < -0.4 is 9.46 Å². The minimum absolute atomic E-state index is 0.0129. The molecule has 0 atom stereocenters. The number of nitrogens with one attached hydrogen (secondary N) is 1. The maximum atomic E-state index is 13.8. The number of nitrogens with zero attached hydrogens (tertiary/aromatic N) is 2. The SMILES string of the molecule is C=CCOc1ccc(F)cc1-c1nc(NSc2cccc(F)n2)ccc1C(F)(F)F. The van der Waals surface area contributed by atoms with E-state index >= 15 is 0 Å². The second-order valence-electron chi connectivity index (χ2n) is 5.83. The van der Waals surface area contributed by atoms with E-state index in [0.717, 1.165) is 42.3 Å². The van der Waals surface area contributed by atoms with E-state index in [-0.39, 0.29) is 28.8 Å². The number of ether oxygens (including phenoxy) is 1. The Bertz CT molecular complexity index is 1060. The van der Waals surface area contributed by atoms with Gasteiger partial charge in [-0.05, 0) is 42.5 Å². The summed E-state index contributed by atoms with van der Waals surface area (Å²) in [6, 6.07) is 9.26. The van der Waals surface area contributed by atoms with Crippen molar-refractivity contribution in [1.29, 1.82) is 0 Å². The highest BCUT2D eigenvalue weighted by atomic mass is 32.2. The van der Waals surface area contributed by atoms with Crippen LogP contribution in [0.2, 0.25) is 0 Å². The Labute approximate surface area is 173 Å². The summed E-state index contributed by atoms with van der Waals surface area (Å²) in [5.74, 6) is -1.40. The summed E-state index contributed by atoms with van der Waals surface area (Å²) in [6.45, 7) is 3.50. The molecule has 0 unspecified atom stereocenters. The smallest absolute Gasteiger partial charge is 0.418 e. The molecule has 1 aromatic carbocycles. The zero-order valence-corrected chi connectivity index (χ0v) is 16.0. The largest absolute Gasteiger partial charge is 0.489 e. The van der Waals surface area contributed by atoms with Crippen LogP contribution in [0.25, 0.3) is 11.3 Å². The van der Waals surface area contributed by atoms with Crippen molar-refractivity contribution in [3.05, 3.63) is 78.5 Å². The maximum absolute atomic E-state index is 13.8. The summed E-state index contributed by atoms with van der Waals surface area (Å²) in [5.41, 5.74) is -1.74. The quantitative estimate of drug-likeness (QED) is 0.208. The van der Waals surface area contributed by atoms with E-state index < -0.39 is 29.2 Å². The van der Waals surface area contributed by atoms with Gasteiger partial charge in [-0.15, -0.1) is 0 Å². The second-order valence-corrected chi connectivity index (χ2v) is 6.66. The van der Waals surface area contributed by atoms with Gasteiger partial charge >= 0.3 is 6.18 Å². The monoisotopic (exact) mass is 439 g/mol. The Morgan fingerprint density at radius 2 is 1.87 bits per heavy atom.